The molecule has 2 heterocycles. The maximum absolute atomic E-state index is 13.5. The smallest absolute Gasteiger partial charge is 0.261 e. The van der Waals surface area contributed by atoms with E-state index in [2.05, 4.69) is 5.32 Å². The van der Waals surface area contributed by atoms with Crippen molar-refractivity contribution >= 4 is 21.8 Å². The first-order chi connectivity index (χ1) is 21.2. The van der Waals surface area contributed by atoms with E-state index in [-0.39, 0.29) is 37.3 Å². The molecule has 234 valence electrons. The highest BCUT2D eigenvalue weighted by Crippen LogP contribution is 2.32. The van der Waals surface area contributed by atoms with Crippen LogP contribution >= 0.6 is 0 Å². The van der Waals surface area contributed by atoms with Gasteiger partial charge in [-0.15, -0.1) is 0 Å². The molecule has 2 aliphatic rings. The first-order valence-corrected chi connectivity index (χ1v) is 15.6. The first kappa shape index (κ1) is 31.1. The summed E-state index contributed by atoms with van der Waals surface area (Å²) in [5, 5.41) is 2.89. The third kappa shape index (κ3) is 7.41. The summed E-state index contributed by atoms with van der Waals surface area (Å²) in [7, 11) is -2.09. The minimum atomic E-state index is -3.66. The minimum Gasteiger partial charge on any atom is -0.497 e. The van der Waals surface area contributed by atoms with Gasteiger partial charge in [-0.25, -0.2) is 8.42 Å². The van der Waals surface area contributed by atoms with E-state index in [1.54, 1.807) is 38.3 Å². The largest absolute Gasteiger partial charge is 0.497 e. The van der Waals surface area contributed by atoms with Crippen LogP contribution in [0.5, 0.6) is 23.0 Å². The molecule has 2 amide bonds. The summed E-state index contributed by atoms with van der Waals surface area (Å²) < 4.78 is 54.2. The Balaban J connectivity index is 1.24. The number of carbonyl (C=O) groups excluding carboxylic acids is 2. The van der Waals surface area contributed by atoms with E-state index < -0.39 is 22.0 Å². The highest BCUT2D eigenvalue weighted by atomic mass is 32.2. The van der Waals surface area contributed by atoms with Crippen LogP contribution in [-0.2, 0) is 37.4 Å². The van der Waals surface area contributed by atoms with Gasteiger partial charge in [-0.2, -0.15) is 4.31 Å². The van der Waals surface area contributed by atoms with E-state index in [9.17, 15) is 18.0 Å². The Bertz CT molecular complexity index is 1560. The van der Waals surface area contributed by atoms with Gasteiger partial charge in [0.2, 0.25) is 22.7 Å². The molecule has 12 nitrogen and oxygen atoms in total. The lowest BCUT2D eigenvalue weighted by atomic mass is 10.1. The molecule has 1 N–H and O–H groups in total. The number of fused-ring (bicyclic) bond motifs is 1. The molecule has 1 atom stereocenters. The van der Waals surface area contributed by atoms with Crippen LogP contribution in [0.25, 0.3) is 0 Å². The van der Waals surface area contributed by atoms with Gasteiger partial charge in [-0.3, -0.25) is 9.59 Å². The molecule has 0 saturated carbocycles. The second kappa shape index (κ2) is 14.0. The third-order valence-electron chi connectivity index (χ3n) is 7.38. The van der Waals surface area contributed by atoms with Crippen LogP contribution in [0.3, 0.4) is 0 Å². The standard InChI is InChI=1S/C31H35N3O9S/c1-22(31(36)32-18-24-5-12-28-29(17-24)43-21-42-28)34(19-23-3-6-25(39-2)7-4-23)30(35)20-41-26-8-10-27(11-9-26)44(37,38)33-13-15-40-16-14-33/h3-12,17,22H,13-16,18-21H2,1-2H3,(H,32,36)/t22-/m0/s1. The Hall–Kier alpha value is -4.33. The van der Waals surface area contributed by atoms with Gasteiger partial charge in [0.05, 0.1) is 25.2 Å². The Morgan fingerprint density at radius 2 is 1.59 bits per heavy atom. The van der Waals surface area contributed by atoms with Gasteiger partial charge in [-0.05, 0) is 66.6 Å². The van der Waals surface area contributed by atoms with E-state index in [0.717, 1.165) is 11.1 Å². The van der Waals surface area contributed by atoms with Crippen molar-refractivity contribution in [3.05, 3.63) is 77.9 Å². The Morgan fingerprint density at radius 1 is 0.932 bits per heavy atom. The van der Waals surface area contributed by atoms with Crippen molar-refractivity contribution in [3.8, 4) is 23.0 Å². The van der Waals surface area contributed by atoms with Crippen molar-refractivity contribution in [1.29, 1.82) is 0 Å². The zero-order chi connectivity index (χ0) is 31.1. The second-order valence-electron chi connectivity index (χ2n) is 10.2. The van der Waals surface area contributed by atoms with Crippen LogP contribution in [-0.4, -0.2) is 82.3 Å². The van der Waals surface area contributed by atoms with Gasteiger partial charge in [0.1, 0.15) is 17.5 Å². The fourth-order valence-electron chi connectivity index (χ4n) is 4.77. The van der Waals surface area contributed by atoms with Crippen molar-refractivity contribution in [2.45, 2.75) is 31.0 Å². The summed E-state index contributed by atoms with van der Waals surface area (Å²) in [6.07, 6.45) is 0. The number of methoxy groups -OCH3 is 1. The molecule has 5 rings (SSSR count). The van der Waals surface area contributed by atoms with Crippen LogP contribution < -0.4 is 24.3 Å². The molecule has 2 aliphatic heterocycles. The number of nitrogens with one attached hydrogen (secondary N) is 1. The van der Waals surface area contributed by atoms with Crippen molar-refractivity contribution in [3.63, 3.8) is 0 Å². The van der Waals surface area contributed by atoms with Crippen molar-refractivity contribution in [2.24, 2.45) is 0 Å². The molecule has 1 saturated heterocycles. The van der Waals surface area contributed by atoms with E-state index >= 15 is 0 Å². The predicted octanol–water partition coefficient (Wildman–Crippen LogP) is 2.56. The average molecular weight is 626 g/mol. The van der Waals surface area contributed by atoms with E-state index in [1.165, 1.54) is 33.5 Å². The number of ether oxygens (including phenoxy) is 5. The summed E-state index contributed by atoms with van der Waals surface area (Å²) in [5.41, 5.74) is 1.62. The number of nitrogens with zero attached hydrogens (tertiary/aromatic N) is 2. The molecule has 44 heavy (non-hydrogen) atoms. The zero-order valence-electron chi connectivity index (χ0n) is 24.6. The van der Waals surface area contributed by atoms with Gasteiger partial charge in [0, 0.05) is 26.2 Å². The molecular formula is C31H35N3O9S. The quantitative estimate of drug-likeness (QED) is 0.323. The Kier molecular flexibility index (Phi) is 9.88. The number of hydrogen-bond acceptors (Lipinski definition) is 9. The van der Waals surface area contributed by atoms with Crippen molar-refractivity contribution < 1.29 is 41.7 Å². The molecule has 0 aromatic heterocycles. The predicted molar refractivity (Wildman–Crippen MR) is 159 cm³/mol. The average Bonchev–Trinajstić information content (AvgIpc) is 3.53. The highest BCUT2D eigenvalue weighted by molar-refractivity contribution is 7.89. The topological polar surface area (TPSA) is 133 Å². The molecule has 0 radical (unpaired) electrons. The Morgan fingerprint density at radius 3 is 2.30 bits per heavy atom. The van der Waals surface area contributed by atoms with Crippen molar-refractivity contribution in [1.82, 2.24) is 14.5 Å². The molecule has 0 spiro atoms. The molecule has 0 bridgehead atoms. The molecular weight excluding hydrogens is 590 g/mol. The lowest BCUT2D eigenvalue weighted by molar-refractivity contribution is -0.142. The summed E-state index contributed by atoms with van der Waals surface area (Å²) in [6.45, 7) is 3.14. The van der Waals surface area contributed by atoms with Gasteiger partial charge >= 0.3 is 0 Å². The van der Waals surface area contributed by atoms with Gasteiger partial charge in [0.25, 0.3) is 5.91 Å². The monoisotopic (exact) mass is 625 g/mol. The van der Waals surface area contributed by atoms with Gasteiger partial charge in [0.15, 0.2) is 18.1 Å². The molecule has 3 aromatic rings. The van der Waals surface area contributed by atoms with E-state index in [4.69, 9.17) is 23.7 Å². The minimum absolute atomic E-state index is 0.131. The Labute approximate surface area is 256 Å². The number of carbonyl (C=O) groups is 2. The van der Waals surface area contributed by atoms with Crippen LogP contribution in [0, 0.1) is 0 Å². The highest BCUT2D eigenvalue weighted by Gasteiger charge is 2.28. The van der Waals surface area contributed by atoms with Crippen LogP contribution in [0.4, 0.5) is 0 Å². The lowest BCUT2D eigenvalue weighted by Crippen LogP contribution is -2.48. The van der Waals surface area contributed by atoms with E-state index in [0.29, 0.717) is 49.3 Å². The number of rotatable bonds is 12. The maximum atomic E-state index is 13.5. The number of morpholine rings is 1. The molecule has 0 unspecified atom stereocenters. The van der Waals surface area contributed by atoms with Crippen LogP contribution in [0.1, 0.15) is 18.1 Å². The summed E-state index contributed by atoms with van der Waals surface area (Å²) >= 11 is 0. The fraction of sp³-hybridized carbons (Fsp3) is 0.355. The number of benzene rings is 3. The lowest BCUT2D eigenvalue weighted by Gasteiger charge is -2.29. The first-order valence-electron chi connectivity index (χ1n) is 14.1. The summed E-state index contributed by atoms with van der Waals surface area (Å²) in [4.78, 5) is 28.3. The molecule has 3 aromatic carbocycles. The third-order valence-corrected chi connectivity index (χ3v) is 9.29. The number of amides is 2. The molecule has 0 aliphatic carbocycles. The summed E-state index contributed by atoms with van der Waals surface area (Å²) in [5.74, 6) is 1.49. The second-order valence-corrected chi connectivity index (χ2v) is 12.2. The van der Waals surface area contributed by atoms with E-state index in [1.807, 2.05) is 18.2 Å². The number of hydrogen-bond donors (Lipinski definition) is 1. The van der Waals surface area contributed by atoms with Crippen LogP contribution in [0.15, 0.2) is 71.6 Å². The summed E-state index contributed by atoms with van der Waals surface area (Å²) in [6, 6.07) is 17.7. The normalized spacial score (nSPS) is 15.3. The maximum Gasteiger partial charge on any atom is 0.261 e. The SMILES string of the molecule is COc1ccc(CN(C(=O)COc2ccc(S(=O)(=O)N3CCOCC3)cc2)[C@@H](C)C(=O)NCc2ccc3c(c2)OCO3)cc1. The zero-order valence-corrected chi connectivity index (χ0v) is 25.4. The molecule has 1 fully saturated rings. The van der Waals surface area contributed by atoms with Crippen LogP contribution in [0.2, 0.25) is 0 Å². The van der Waals surface area contributed by atoms with Gasteiger partial charge in [-0.1, -0.05) is 18.2 Å². The van der Waals surface area contributed by atoms with Gasteiger partial charge < -0.3 is 33.9 Å². The van der Waals surface area contributed by atoms with Crippen molar-refractivity contribution in [2.75, 3.05) is 46.8 Å². The fourth-order valence-corrected chi connectivity index (χ4v) is 6.18. The molecule has 13 heteroatoms. The number of sulfonamides is 1.